The van der Waals surface area contributed by atoms with Crippen LogP contribution in [0.5, 0.6) is 11.5 Å². The van der Waals surface area contributed by atoms with E-state index in [1.165, 1.54) is 18.9 Å². The minimum Gasteiger partial charge on any atom is -0.486 e. The molecule has 3 rings (SSSR count). The van der Waals surface area contributed by atoms with Gasteiger partial charge in [0.2, 0.25) is 11.8 Å². The Morgan fingerprint density at radius 3 is 2.52 bits per heavy atom. The second-order valence-electron chi connectivity index (χ2n) is 6.34. The minimum absolute atomic E-state index is 0.0452. The summed E-state index contributed by atoms with van der Waals surface area (Å²) in [6.07, 6.45) is 0.0452. The Kier molecular flexibility index (Phi) is 6.33. The van der Waals surface area contributed by atoms with Crippen molar-refractivity contribution in [1.82, 2.24) is 0 Å². The lowest BCUT2D eigenvalue weighted by molar-refractivity contribution is -0.117. The molecule has 0 fully saturated rings. The fourth-order valence-corrected chi connectivity index (χ4v) is 3.00. The van der Waals surface area contributed by atoms with Crippen molar-refractivity contribution in [2.24, 2.45) is 0 Å². The Hall–Kier alpha value is -3.55. The number of nitrogens with zero attached hydrogens (tertiary/aromatic N) is 1. The van der Waals surface area contributed by atoms with Crippen LogP contribution in [0.4, 0.5) is 11.4 Å². The maximum Gasteiger partial charge on any atom is 0.339 e. The average molecular weight is 398 g/mol. The number of methoxy groups -OCH3 is 1. The third-order valence-electron chi connectivity index (χ3n) is 4.37. The molecule has 0 saturated heterocycles. The van der Waals surface area contributed by atoms with Gasteiger partial charge in [0.05, 0.1) is 18.4 Å². The van der Waals surface area contributed by atoms with Gasteiger partial charge in [-0.1, -0.05) is 12.1 Å². The number of carbonyl (C=O) groups excluding carboxylic acids is 3. The zero-order chi connectivity index (χ0) is 20.8. The number of hydrogen-bond donors (Lipinski definition) is 1. The van der Waals surface area contributed by atoms with E-state index >= 15 is 0 Å². The van der Waals surface area contributed by atoms with E-state index < -0.39 is 5.97 Å². The number of hydrogen-bond acceptors (Lipinski definition) is 6. The molecule has 0 bridgehead atoms. The number of esters is 1. The van der Waals surface area contributed by atoms with E-state index in [1.807, 2.05) is 0 Å². The number of amides is 2. The quantitative estimate of drug-likeness (QED) is 0.752. The summed E-state index contributed by atoms with van der Waals surface area (Å²) < 4.78 is 15.7. The molecular weight excluding hydrogens is 376 g/mol. The molecule has 2 aromatic rings. The zero-order valence-corrected chi connectivity index (χ0v) is 16.3. The van der Waals surface area contributed by atoms with Crippen molar-refractivity contribution in [1.29, 1.82) is 0 Å². The van der Waals surface area contributed by atoms with Crippen LogP contribution < -0.4 is 19.7 Å². The van der Waals surface area contributed by atoms with Gasteiger partial charge in [-0.2, -0.15) is 0 Å². The molecule has 29 heavy (non-hydrogen) atoms. The lowest BCUT2D eigenvalue weighted by atomic mass is 10.1. The summed E-state index contributed by atoms with van der Waals surface area (Å²) in [4.78, 5) is 37.9. The van der Waals surface area contributed by atoms with Gasteiger partial charge in [0.15, 0.2) is 11.5 Å². The van der Waals surface area contributed by atoms with Crippen LogP contribution in [0.1, 0.15) is 23.7 Å². The van der Waals surface area contributed by atoms with E-state index in [1.54, 1.807) is 42.5 Å². The standard InChI is InChI=1S/C21H22N2O6/c1-14(24)23(17-6-4-3-5-16(17)21(26)27-2)10-9-20(25)22-15-7-8-18-19(13-15)29-12-11-28-18/h3-8,13H,9-12H2,1-2H3,(H,22,25). The third-order valence-corrected chi connectivity index (χ3v) is 4.37. The van der Waals surface area contributed by atoms with Gasteiger partial charge >= 0.3 is 5.97 Å². The van der Waals surface area contributed by atoms with Gasteiger partial charge in [0, 0.05) is 31.6 Å². The van der Waals surface area contributed by atoms with Gasteiger partial charge in [0.25, 0.3) is 0 Å². The van der Waals surface area contributed by atoms with Gasteiger partial charge in [-0.05, 0) is 24.3 Å². The lowest BCUT2D eigenvalue weighted by Gasteiger charge is -2.23. The highest BCUT2D eigenvalue weighted by Gasteiger charge is 2.20. The summed E-state index contributed by atoms with van der Waals surface area (Å²) in [7, 11) is 1.28. The van der Waals surface area contributed by atoms with Crippen LogP contribution in [-0.4, -0.2) is 44.7 Å². The number of anilines is 2. The van der Waals surface area contributed by atoms with Crippen molar-refractivity contribution in [2.75, 3.05) is 37.1 Å². The minimum atomic E-state index is -0.549. The summed E-state index contributed by atoms with van der Waals surface area (Å²) in [6, 6.07) is 11.8. The summed E-state index contributed by atoms with van der Waals surface area (Å²) in [6.45, 7) is 2.44. The summed E-state index contributed by atoms with van der Waals surface area (Å²) in [5.41, 5.74) is 1.24. The molecule has 152 valence electrons. The summed E-state index contributed by atoms with van der Waals surface area (Å²) >= 11 is 0. The molecule has 1 aliphatic rings. The fraction of sp³-hybridized carbons (Fsp3) is 0.286. The van der Waals surface area contributed by atoms with Gasteiger partial charge in [-0.25, -0.2) is 4.79 Å². The van der Waals surface area contributed by atoms with Crippen LogP contribution >= 0.6 is 0 Å². The first kappa shape index (κ1) is 20.2. The van der Waals surface area contributed by atoms with Crippen molar-refractivity contribution >= 4 is 29.2 Å². The molecule has 1 heterocycles. The first-order chi connectivity index (χ1) is 14.0. The van der Waals surface area contributed by atoms with Gasteiger partial charge in [-0.3, -0.25) is 9.59 Å². The van der Waals surface area contributed by atoms with Crippen molar-refractivity contribution < 1.29 is 28.6 Å². The Morgan fingerprint density at radius 2 is 1.79 bits per heavy atom. The molecule has 1 N–H and O–H groups in total. The molecule has 0 aliphatic carbocycles. The van der Waals surface area contributed by atoms with Crippen LogP contribution in [0.2, 0.25) is 0 Å². The highest BCUT2D eigenvalue weighted by Crippen LogP contribution is 2.32. The SMILES string of the molecule is COC(=O)c1ccccc1N(CCC(=O)Nc1ccc2c(c1)OCCO2)C(C)=O. The number of benzene rings is 2. The average Bonchev–Trinajstić information content (AvgIpc) is 2.73. The van der Waals surface area contributed by atoms with Crippen LogP contribution in [0, 0.1) is 0 Å². The molecule has 8 heteroatoms. The second kappa shape index (κ2) is 9.09. The van der Waals surface area contributed by atoms with E-state index in [0.29, 0.717) is 36.1 Å². The van der Waals surface area contributed by atoms with Crippen LogP contribution in [-0.2, 0) is 14.3 Å². The smallest absolute Gasteiger partial charge is 0.339 e. The largest absolute Gasteiger partial charge is 0.486 e. The maximum atomic E-state index is 12.4. The van der Waals surface area contributed by atoms with Crippen molar-refractivity contribution in [3.05, 3.63) is 48.0 Å². The van der Waals surface area contributed by atoms with Crippen LogP contribution in [0.15, 0.2) is 42.5 Å². The molecule has 2 aromatic carbocycles. The molecule has 2 amide bonds. The Balaban J connectivity index is 1.68. The number of para-hydroxylation sites is 1. The first-order valence-corrected chi connectivity index (χ1v) is 9.14. The molecule has 0 saturated carbocycles. The van der Waals surface area contributed by atoms with Gasteiger partial charge < -0.3 is 24.4 Å². The van der Waals surface area contributed by atoms with Crippen LogP contribution in [0.3, 0.4) is 0 Å². The molecular formula is C21H22N2O6. The van der Waals surface area contributed by atoms with Crippen molar-refractivity contribution in [2.45, 2.75) is 13.3 Å². The molecule has 8 nitrogen and oxygen atoms in total. The topological polar surface area (TPSA) is 94.2 Å². The fourth-order valence-electron chi connectivity index (χ4n) is 3.00. The van der Waals surface area contributed by atoms with E-state index in [0.717, 1.165) is 0 Å². The monoisotopic (exact) mass is 398 g/mol. The number of rotatable bonds is 6. The molecule has 0 atom stereocenters. The van der Waals surface area contributed by atoms with E-state index in [2.05, 4.69) is 5.32 Å². The Labute approximate surface area is 168 Å². The predicted octanol–water partition coefficient (Wildman–Crippen LogP) is 2.63. The Morgan fingerprint density at radius 1 is 1.07 bits per heavy atom. The highest BCUT2D eigenvalue weighted by molar-refractivity contribution is 6.02. The molecule has 0 unspecified atom stereocenters. The van der Waals surface area contributed by atoms with E-state index in [9.17, 15) is 14.4 Å². The molecule has 0 spiro atoms. The van der Waals surface area contributed by atoms with E-state index in [-0.39, 0.29) is 30.3 Å². The van der Waals surface area contributed by atoms with Crippen molar-refractivity contribution in [3.8, 4) is 11.5 Å². The molecule has 0 aromatic heterocycles. The number of nitrogens with one attached hydrogen (secondary N) is 1. The lowest BCUT2D eigenvalue weighted by Crippen LogP contribution is -2.33. The molecule has 0 radical (unpaired) electrons. The normalized spacial score (nSPS) is 12.1. The number of carbonyl (C=O) groups is 3. The first-order valence-electron chi connectivity index (χ1n) is 9.14. The second-order valence-corrected chi connectivity index (χ2v) is 6.34. The summed E-state index contributed by atoms with van der Waals surface area (Å²) in [5.74, 6) is 0.104. The highest BCUT2D eigenvalue weighted by atomic mass is 16.6. The van der Waals surface area contributed by atoms with Gasteiger partial charge in [-0.15, -0.1) is 0 Å². The van der Waals surface area contributed by atoms with E-state index in [4.69, 9.17) is 14.2 Å². The number of ether oxygens (including phenoxy) is 3. The predicted molar refractivity (Wildman–Crippen MR) is 106 cm³/mol. The Bertz CT molecular complexity index is 927. The maximum absolute atomic E-state index is 12.4. The summed E-state index contributed by atoms with van der Waals surface area (Å²) in [5, 5.41) is 2.78. The van der Waals surface area contributed by atoms with Gasteiger partial charge in [0.1, 0.15) is 13.2 Å². The van der Waals surface area contributed by atoms with Crippen LogP contribution in [0.25, 0.3) is 0 Å². The number of fused-ring (bicyclic) bond motifs is 1. The third kappa shape index (κ3) is 4.84. The zero-order valence-electron chi connectivity index (χ0n) is 16.3. The molecule has 1 aliphatic heterocycles. The van der Waals surface area contributed by atoms with Crippen molar-refractivity contribution in [3.63, 3.8) is 0 Å².